The second kappa shape index (κ2) is 3.25. The topological polar surface area (TPSA) is 43.4 Å². The van der Waals surface area contributed by atoms with E-state index in [0.717, 1.165) is 12.0 Å². The van der Waals surface area contributed by atoms with Crippen LogP contribution in [-0.2, 0) is 11.2 Å². The van der Waals surface area contributed by atoms with Crippen LogP contribution in [0, 0.1) is 0 Å². The number of hydrogen-bond acceptors (Lipinski definition) is 3. The first-order valence-electron chi connectivity index (χ1n) is 4.57. The summed E-state index contributed by atoms with van der Waals surface area (Å²) in [6.07, 6.45) is 0.731. The molecule has 1 aliphatic rings. The molecule has 0 fully saturated rings. The van der Waals surface area contributed by atoms with Crippen molar-refractivity contribution in [3.63, 3.8) is 0 Å². The maximum absolute atomic E-state index is 11.5. The molecule has 0 saturated carbocycles. The minimum absolute atomic E-state index is 0.139. The first-order valence-corrected chi connectivity index (χ1v) is 4.57. The molecule has 0 atom stereocenters. The summed E-state index contributed by atoms with van der Waals surface area (Å²) in [5.74, 6) is -0.221. The predicted octanol–water partition coefficient (Wildman–Crippen LogP) is 1.74. The second-order valence-corrected chi connectivity index (χ2v) is 3.26. The van der Waals surface area contributed by atoms with Crippen molar-refractivity contribution in [3.05, 3.63) is 29.3 Å². The molecular formula is C11H10O3. The number of ketones is 1. The van der Waals surface area contributed by atoms with E-state index in [1.807, 2.05) is 13.0 Å². The zero-order chi connectivity index (χ0) is 10.1. The normalized spacial score (nSPS) is 14.9. The van der Waals surface area contributed by atoms with Crippen LogP contribution >= 0.6 is 0 Å². The molecule has 0 amide bonds. The molecule has 0 radical (unpaired) electrons. The molecule has 0 spiro atoms. The Morgan fingerprint density at radius 3 is 2.86 bits per heavy atom. The highest BCUT2D eigenvalue weighted by Crippen LogP contribution is 2.26. The number of aryl methyl sites for hydroxylation is 1. The lowest BCUT2D eigenvalue weighted by molar-refractivity contribution is -0.133. The lowest BCUT2D eigenvalue weighted by Crippen LogP contribution is -2.21. The predicted molar refractivity (Wildman–Crippen MR) is 50.4 cm³/mol. The zero-order valence-corrected chi connectivity index (χ0v) is 7.87. The lowest BCUT2D eigenvalue weighted by Gasteiger charge is -2.14. The van der Waals surface area contributed by atoms with E-state index in [4.69, 9.17) is 4.74 Å². The van der Waals surface area contributed by atoms with Gasteiger partial charge in [-0.3, -0.25) is 9.59 Å². The summed E-state index contributed by atoms with van der Waals surface area (Å²) in [4.78, 5) is 22.4. The van der Waals surface area contributed by atoms with Crippen molar-refractivity contribution in [1.82, 2.24) is 0 Å². The highest BCUT2D eigenvalue weighted by atomic mass is 16.5. The van der Waals surface area contributed by atoms with Gasteiger partial charge in [-0.15, -0.1) is 0 Å². The Hall–Kier alpha value is -1.64. The van der Waals surface area contributed by atoms with Gasteiger partial charge in [-0.1, -0.05) is 13.0 Å². The van der Waals surface area contributed by atoms with E-state index < -0.39 is 5.97 Å². The number of rotatable bonds is 1. The fourth-order valence-corrected chi connectivity index (χ4v) is 1.49. The van der Waals surface area contributed by atoms with Gasteiger partial charge in [0.15, 0.2) is 5.78 Å². The van der Waals surface area contributed by atoms with Crippen LogP contribution < -0.4 is 4.74 Å². The quantitative estimate of drug-likeness (QED) is 0.385. The highest BCUT2D eigenvalue weighted by Gasteiger charge is 2.24. The van der Waals surface area contributed by atoms with Crippen LogP contribution in [0.3, 0.4) is 0 Å². The molecule has 1 aliphatic heterocycles. The van der Waals surface area contributed by atoms with E-state index >= 15 is 0 Å². The maximum atomic E-state index is 11.5. The third kappa shape index (κ3) is 1.41. The lowest BCUT2D eigenvalue weighted by atomic mass is 10.0. The van der Waals surface area contributed by atoms with Crippen LogP contribution in [-0.4, -0.2) is 11.8 Å². The summed E-state index contributed by atoms with van der Waals surface area (Å²) in [6.45, 7) is 2.01. The SMILES string of the molecule is CCc1ccc2c(c1)C(=O)CC(=O)O2. The van der Waals surface area contributed by atoms with Crippen LogP contribution in [0.25, 0.3) is 0 Å². The summed E-state index contributed by atoms with van der Waals surface area (Å²) in [6, 6.07) is 5.35. The molecule has 0 bridgehead atoms. The van der Waals surface area contributed by atoms with Gasteiger partial charge in [-0.2, -0.15) is 0 Å². The molecule has 0 N–H and O–H groups in total. The largest absolute Gasteiger partial charge is 0.425 e. The van der Waals surface area contributed by atoms with Crippen LogP contribution in [0.15, 0.2) is 18.2 Å². The minimum Gasteiger partial charge on any atom is -0.425 e. The fraction of sp³-hybridized carbons (Fsp3) is 0.273. The number of hydrogen-bond donors (Lipinski definition) is 0. The van der Waals surface area contributed by atoms with Crippen LogP contribution in [0.1, 0.15) is 29.3 Å². The van der Waals surface area contributed by atoms with Crippen molar-refractivity contribution in [2.75, 3.05) is 0 Å². The maximum Gasteiger partial charge on any atom is 0.319 e. The molecular weight excluding hydrogens is 180 g/mol. The third-order valence-corrected chi connectivity index (χ3v) is 2.28. The molecule has 3 heteroatoms. The van der Waals surface area contributed by atoms with Crippen molar-refractivity contribution in [3.8, 4) is 5.75 Å². The van der Waals surface area contributed by atoms with Crippen molar-refractivity contribution < 1.29 is 14.3 Å². The van der Waals surface area contributed by atoms with Crippen LogP contribution in [0.4, 0.5) is 0 Å². The molecule has 1 aromatic carbocycles. The van der Waals surface area contributed by atoms with Gasteiger partial charge in [0.2, 0.25) is 0 Å². The Morgan fingerprint density at radius 1 is 1.36 bits per heavy atom. The minimum atomic E-state index is -0.466. The van der Waals surface area contributed by atoms with Crippen molar-refractivity contribution >= 4 is 11.8 Å². The second-order valence-electron chi connectivity index (χ2n) is 3.26. The summed E-state index contributed by atoms with van der Waals surface area (Å²) in [5, 5.41) is 0. The van der Waals surface area contributed by atoms with Crippen molar-refractivity contribution in [2.45, 2.75) is 19.8 Å². The molecule has 1 heterocycles. The van der Waals surface area contributed by atoms with Gasteiger partial charge in [-0.25, -0.2) is 0 Å². The Balaban J connectivity index is 2.49. The van der Waals surface area contributed by atoms with Crippen molar-refractivity contribution in [2.24, 2.45) is 0 Å². The monoisotopic (exact) mass is 190 g/mol. The molecule has 0 aromatic heterocycles. The molecule has 2 rings (SSSR count). The number of carbonyl (C=O) groups excluding carboxylic acids is 2. The zero-order valence-electron chi connectivity index (χ0n) is 7.87. The van der Waals surface area contributed by atoms with Crippen LogP contribution in [0.2, 0.25) is 0 Å². The molecule has 14 heavy (non-hydrogen) atoms. The molecule has 0 aliphatic carbocycles. The molecule has 3 nitrogen and oxygen atoms in total. The van der Waals surface area contributed by atoms with E-state index in [0.29, 0.717) is 11.3 Å². The molecule has 1 aromatic rings. The smallest absolute Gasteiger partial charge is 0.319 e. The van der Waals surface area contributed by atoms with Gasteiger partial charge in [0.25, 0.3) is 0 Å². The number of Topliss-reactive ketones (excluding diaryl/α,β-unsaturated/α-hetero) is 1. The summed E-state index contributed by atoms with van der Waals surface area (Å²) < 4.78 is 4.94. The van der Waals surface area contributed by atoms with Crippen molar-refractivity contribution in [1.29, 1.82) is 0 Å². The van der Waals surface area contributed by atoms with E-state index in [1.165, 1.54) is 0 Å². The highest BCUT2D eigenvalue weighted by molar-refractivity contribution is 6.10. The van der Waals surface area contributed by atoms with Gasteiger partial charge < -0.3 is 4.74 Å². The average Bonchev–Trinajstić information content (AvgIpc) is 2.17. The molecule has 0 unspecified atom stereocenters. The first-order chi connectivity index (χ1) is 6.70. The van der Waals surface area contributed by atoms with Gasteiger partial charge >= 0.3 is 5.97 Å². The van der Waals surface area contributed by atoms with E-state index in [1.54, 1.807) is 12.1 Å². The van der Waals surface area contributed by atoms with E-state index in [-0.39, 0.29) is 12.2 Å². The van der Waals surface area contributed by atoms with Gasteiger partial charge in [-0.05, 0) is 24.1 Å². The van der Waals surface area contributed by atoms with E-state index in [9.17, 15) is 9.59 Å². The summed E-state index contributed by atoms with van der Waals surface area (Å²) >= 11 is 0. The standard InChI is InChI=1S/C11H10O3/c1-2-7-3-4-10-8(5-7)9(12)6-11(13)14-10/h3-5H,2,6H2,1H3. The fourth-order valence-electron chi connectivity index (χ4n) is 1.49. The van der Waals surface area contributed by atoms with Crippen LogP contribution in [0.5, 0.6) is 5.75 Å². The number of esters is 1. The summed E-state index contributed by atoms with van der Waals surface area (Å²) in [5.41, 5.74) is 1.61. The Labute approximate surface area is 81.7 Å². The van der Waals surface area contributed by atoms with Gasteiger partial charge in [0.05, 0.1) is 5.56 Å². The Bertz CT molecular complexity index is 407. The number of fused-ring (bicyclic) bond motifs is 1. The Morgan fingerprint density at radius 2 is 2.14 bits per heavy atom. The number of benzene rings is 1. The first kappa shape index (κ1) is 8.94. The van der Waals surface area contributed by atoms with Gasteiger partial charge in [0, 0.05) is 0 Å². The molecule has 72 valence electrons. The third-order valence-electron chi connectivity index (χ3n) is 2.28. The Kier molecular flexibility index (Phi) is 2.08. The average molecular weight is 190 g/mol. The number of ether oxygens (including phenoxy) is 1. The number of carbonyl (C=O) groups is 2. The van der Waals surface area contributed by atoms with E-state index in [2.05, 4.69) is 0 Å². The summed E-state index contributed by atoms with van der Waals surface area (Å²) in [7, 11) is 0. The van der Waals surface area contributed by atoms with Gasteiger partial charge in [0.1, 0.15) is 12.2 Å². The molecule has 0 saturated heterocycles.